The van der Waals surface area contributed by atoms with Crippen LogP contribution in [0.3, 0.4) is 0 Å². The summed E-state index contributed by atoms with van der Waals surface area (Å²) >= 11 is 6.50. The number of carbonyl (C=O) groups is 1. The first kappa shape index (κ1) is 15.9. The Hall–Kier alpha value is 0.830. The molecule has 1 amide bonds. The first-order valence-corrected chi connectivity index (χ1v) is 9.46. The Labute approximate surface area is 141 Å². The molecule has 0 saturated heterocycles. The first-order valence-electron chi connectivity index (χ1n) is 4.33. The minimum absolute atomic E-state index is 0.0676. The minimum atomic E-state index is -3.48. The number of halogens is 3. The molecule has 4 nitrogen and oxygen atoms in total. The van der Waals surface area contributed by atoms with E-state index in [1.807, 2.05) is 16.9 Å². The zero-order valence-electron chi connectivity index (χ0n) is 8.63. The second kappa shape index (κ2) is 6.32. The summed E-state index contributed by atoms with van der Waals surface area (Å²) in [6.45, 7) is 0. The second-order valence-corrected chi connectivity index (χ2v) is 8.57. The number of hydrogen-bond donors (Lipinski definition) is 1. The van der Waals surface area contributed by atoms with E-state index in [1.54, 1.807) is 0 Å². The molecular weight excluding hydrogens is 583 g/mol. The van der Waals surface area contributed by atoms with Crippen molar-refractivity contribution in [1.29, 1.82) is 0 Å². The van der Waals surface area contributed by atoms with Crippen LogP contribution >= 0.6 is 67.8 Å². The molecule has 0 unspecified atom stereocenters. The molecule has 0 saturated carbocycles. The molecule has 0 fully saturated rings. The van der Waals surface area contributed by atoms with Gasteiger partial charge in [-0.15, -0.1) is 0 Å². The molecule has 17 heavy (non-hydrogen) atoms. The lowest BCUT2D eigenvalue weighted by Gasteiger charge is -2.07. The van der Waals surface area contributed by atoms with E-state index >= 15 is 0 Å². The molecule has 0 aliphatic heterocycles. The fourth-order valence-corrected chi connectivity index (χ4v) is 4.11. The van der Waals surface area contributed by atoms with Gasteiger partial charge in [0.1, 0.15) is 0 Å². The Balaban J connectivity index is 2.93. The van der Waals surface area contributed by atoms with Gasteiger partial charge in [-0.1, -0.05) is 0 Å². The summed E-state index contributed by atoms with van der Waals surface area (Å²) in [7, 11) is -3.48. The summed E-state index contributed by atoms with van der Waals surface area (Å²) in [4.78, 5) is 11.5. The summed E-state index contributed by atoms with van der Waals surface area (Å²) in [5.41, 5.74) is 0.836. The molecule has 0 aliphatic carbocycles. The van der Waals surface area contributed by atoms with Crippen LogP contribution < -0.4 is 4.72 Å². The van der Waals surface area contributed by atoms with Crippen LogP contribution in [0, 0.1) is 10.7 Å². The molecule has 8 heteroatoms. The van der Waals surface area contributed by atoms with Gasteiger partial charge < -0.3 is 0 Å². The maximum atomic E-state index is 11.5. The van der Waals surface area contributed by atoms with Crippen LogP contribution in [0.5, 0.6) is 0 Å². The van der Waals surface area contributed by atoms with Crippen molar-refractivity contribution in [3.05, 3.63) is 28.4 Å². The number of rotatable bonds is 3. The van der Waals surface area contributed by atoms with E-state index < -0.39 is 15.9 Å². The van der Waals surface area contributed by atoms with Crippen LogP contribution in [0.1, 0.15) is 5.56 Å². The molecule has 0 bridgehead atoms. The van der Waals surface area contributed by atoms with Crippen molar-refractivity contribution in [3.63, 3.8) is 0 Å². The molecule has 1 N–H and O–H groups in total. The summed E-state index contributed by atoms with van der Waals surface area (Å²) in [6, 6.07) is 3.88. The third-order valence-electron chi connectivity index (χ3n) is 1.72. The first-order chi connectivity index (χ1) is 7.69. The maximum Gasteiger partial charge on any atom is 0.237 e. The highest BCUT2D eigenvalue weighted by atomic mass is 127. The van der Waals surface area contributed by atoms with Gasteiger partial charge in [0.05, 0.1) is 12.7 Å². The van der Waals surface area contributed by atoms with E-state index in [0.29, 0.717) is 0 Å². The summed E-state index contributed by atoms with van der Waals surface area (Å²) in [5.74, 6) is -0.511. The number of amides is 1. The van der Waals surface area contributed by atoms with Gasteiger partial charge in [0.15, 0.2) is 0 Å². The number of hydrogen-bond acceptors (Lipinski definition) is 3. The topological polar surface area (TPSA) is 63.2 Å². The molecule has 0 atom stereocenters. The predicted octanol–water partition coefficient (Wildman–Crippen LogP) is 2.12. The molecule has 0 heterocycles. The van der Waals surface area contributed by atoms with Crippen LogP contribution in [0.2, 0.25) is 0 Å². The highest BCUT2D eigenvalue weighted by Gasteiger charge is 2.13. The van der Waals surface area contributed by atoms with Crippen LogP contribution in [0.25, 0.3) is 0 Å². The summed E-state index contributed by atoms with van der Waals surface area (Å²) in [6.07, 6.45) is 1.03. The van der Waals surface area contributed by atoms with Crippen molar-refractivity contribution in [2.75, 3.05) is 6.26 Å². The summed E-state index contributed by atoms with van der Waals surface area (Å²) < 4.78 is 26.8. The largest absolute Gasteiger partial charge is 0.274 e. The zero-order chi connectivity index (χ0) is 13.2. The molecular formula is C9H8I3NO3S. The van der Waals surface area contributed by atoms with Crippen molar-refractivity contribution in [3.8, 4) is 0 Å². The van der Waals surface area contributed by atoms with Crippen molar-refractivity contribution in [1.82, 2.24) is 4.72 Å². The lowest BCUT2D eigenvalue weighted by atomic mass is 10.1. The molecule has 0 spiro atoms. The van der Waals surface area contributed by atoms with Gasteiger partial charge in [-0.05, 0) is 85.5 Å². The molecule has 1 aromatic carbocycles. The smallest absolute Gasteiger partial charge is 0.237 e. The average molecular weight is 591 g/mol. The maximum absolute atomic E-state index is 11.5. The van der Waals surface area contributed by atoms with Gasteiger partial charge in [-0.3, -0.25) is 9.52 Å². The Morgan fingerprint density at radius 3 is 2.41 bits per heavy atom. The van der Waals surface area contributed by atoms with Crippen LogP contribution in [0.15, 0.2) is 12.1 Å². The zero-order valence-corrected chi connectivity index (χ0v) is 15.9. The Morgan fingerprint density at radius 2 is 1.88 bits per heavy atom. The van der Waals surface area contributed by atoms with Gasteiger partial charge in [0, 0.05) is 10.7 Å². The van der Waals surface area contributed by atoms with Gasteiger partial charge in [-0.2, -0.15) is 0 Å². The molecule has 94 valence electrons. The third-order valence-corrected chi connectivity index (χ3v) is 6.10. The SMILES string of the molecule is CS(=O)(=O)NC(=O)Cc1cc(I)cc(I)c1I. The highest BCUT2D eigenvalue weighted by molar-refractivity contribution is 14.1. The normalized spacial score (nSPS) is 11.3. The van der Waals surface area contributed by atoms with Crippen molar-refractivity contribution in [2.45, 2.75) is 6.42 Å². The number of sulfonamides is 1. The average Bonchev–Trinajstić information content (AvgIpc) is 2.10. The molecule has 1 aromatic rings. The predicted molar refractivity (Wildman–Crippen MR) is 91.3 cm³/mol. The lowest BCUT2D eigenvalue weighted by Crippen LogP contribution is -2.30. The Kier molecular flexibility index (Phi) is 5.91. The fraction of sp³-hybridized carbons (Fsp3) is 0.222. The van der Waals surface area contributed by atoms with Gasteiger partial charge in [0.2, 0.25) is 15.9 Å². The van der Waals surface area contributed by atoms with Gasteiger partial charge in [-0.25, -0.2) is 8.42 Å². The van der Waals surface area contributed by atoms with Crippen LogP contribution in [-0.4, -0.2) is 20.6 Å². The standard InChI is InChI=1S/C9H8I3NO3S/c1-17(15,16)13-8(14)3-5-2-6(10)4-7(11)9(5)12/h2,4H,3H2,1H3,(H,13,14). The minimum Gasteiger partial charge on any atom is -0.274 e. The quantitative estimate of drug-likeness (QED) is 0.434. The second-order valence-electron chi connectivity index (χ2n) is 3.33. The van der Waals surface area contributed by atoms with E-state index in [2.05, 4.69) is 67.8 Å². The van der Waals surface area contributed by atoms with Crippen molar-refractivity contribution in [2.24, 2.45) is 0 Å². The lowest BCUT2D eigenvalue weighted by molar-refractivity contribution is -0.118. The molecule has 0 radical (unpaired) electrons. The number of carbonyl (C=O) groups excluding carboxylic acids is 1. The van der Waals surface area contributed by atoms with Gasteiger partial charge in [0.25, 0.3) is 0 Å². The van der Waals surface area contributed by atoms with Crippen molar-refractivity contribution < 1.29 is 13.2 Å². The Morgan fingerprint density at radius 1 is 1.29 bits per heavy atom. The van der Waals surface area contributed by atoms with Crippen molar-refractivity contribution >= 4 is 83.7 Å². The van der Waals surface area contributed by atoms with E-state index in [-0.39, 0.29) is 6.42 Å². The monoisotopic (exact) mass is 591 g/mol. The third kappa shape index (κ3) is 5.55. The highest BCUT2D eigenvalue weighted by Crippen LogP contribution is 2.23. The number of nitrogens with one attached hydrogen (secondary N) is 1. The fourth-order valence-electron chi connectivity index (χ4n) is 1.15. The molecule has 0 aliphatic rings. The number of benzene rings is 1. The van der Waals surface area contributed by atoms with Gasteiger partial charge >= 0.3 is 0 Å². The van der Waals surface area contributed by atoms with Crippen LogP contribution in [0.4, 0.5) is 0 Å². The van der Waals surface area contributed by atoms with E-state index in [4.69, 9.17) is 0 Å². The Bertz CT molecular complexity index is 557. The summed E-state index contributed by atoms with van der Waals surface area (Å²) in [5, 5.41) is 0. The van der Waals surface area contributed by atoms with E-state index in [1.165, 1.54) is 0 Å². The van der Waals surface area contributed by atoms with E-state index in [9.17, 15) is 13.2 Å². The van der Waals surface area contributed by atoms with E-state index in [0.717, 1.165) is 22.5 Å². The molecule has 1 rings (SSSR count). The molecule has 0 aromatic heterocycles. The van der Waals surface area contributed by atoms with Crippen LogP contribution in [-0.2, 0) is 21.2 Å².